The van der Waals surface area contributed by atoms with Crippen LogP contribution in [-0.2, 0) is 28.9 Å². The van der Waals surface area contributed by atoms with Gasteiger partial charge in [0, 0.05) is 13.2 Å². The maximum absolute atomic E-state index is 11.8. The molecule has 460 valence electrons. The van der Waals surface area contributed by atoms with Gasteiger partial charge in [-0.05, 0) is 214 Å². The van der Waals surface area contributed by atoms with Crippen LogP contribution in [0.1, 0.15) is 238 Å². The highest BCUT2D eigenvalue weighted by atomic mass is 35.5. The largest absolute Gasteiger partial charge is 0.481 e. The molecule has 0 aromatic heterocycles. The summed E-state index contributed by atoms with van der Waals surface area (Å²) in [4.78, 5) is 21.4. The van der Waals surface area contributed by atoms with Gasteiger partial charge in [0.1, 0.15) is 5.75 Å². The first-order valence-electron chi connectivity index (χ1n) is 31.4. The molecular weight excluding hydrogens is 1070 g/mol. The molecule has 0 radical (unpaired) electrons. The van der Waals surface area contributed by atoms with Crippen molar-refractivity contribution >= 4 is 56.7 Å². The second-order valence-electron chi connectivity index (χ2n) is 28.3. The van der Waals surface area contributed by atoms with Crippen molar-refractivity contribution in [2.24, 2.45) is 92.7 Å². The standard InChI is InChI=1S/C32H54O5S.C32H54O3S.CH2Cl2.2CH4/c1-22(2)8-6-9-23(3)27-12-13-28-26-11-10-24-20-25(37-18-7-19-38(35,36)21-30(33)34)14-16-31(24,4)29(26)15-17-32(27,28)5;1-22(2)8-6-9-23(3)27-12-13-28-26-11-10-24-20-25(35-18-7-19-36-21-30(33)34)14-16-31(24,4)29(26)15-17-32(27,28)5;2-1-3;;/h10,22-23,25-29H,6-9,11-21H2,1-5H3,(H,33,34);10,22-23,25-29H,6-9,11-21H2,1-5H3,(H,33,34);1H2;2*1H4/t2*23-,25?,26?,27-,28?,29?,31+,32-;;;/m11.../s1. The van der Waals surface area contributed by atoms with Crippen LogP contribution in [-0.4, -0.2) is 84.3 Å². The molecule has 8 rings (SSSR count). The first-order chi connectivity index (χ1) is 36.4. The minimum Gasteiger partial charge on any atom is -0.481 e. The number of allylic oxidation sites excluding steroid dienone is 2. The average Bonchev–Trinajstić information content (AvgIpc) is 4.09. The van der Waals surface area contributed by atoms with Gasteiger partial charge < -0.3 is 19.7 Å². The second-order valence-corrected chi connectivity index (χ2v) is 32.4. The SMILES string of the molecule is C.C.CC(C)CCC[C@@H](C)[C@H]1CCC2C3CC=C4CC(OCCCS(=O)(=O)CC(=O)O)CC[C@]4(C)C3CC[C@@]21C.CC(C)CCC[C@@H](C)[C@H]1CCC2C3CC=C4CC(OCCCSCC(=O)O)CC[C@]4(C)C3CC[C@@]21C.ClCCl. The van der Waals surface area contributed by atoms with Gasteiger partial charge in [-0.1, -0.05) is 146 Å². The van der Waals surface area contributed by atoms with Crippen molar-refractivity contribution in [2.75, 3.05) is 41.6 Å². The number of fused-ring (bicyclic) bond motifs is 10. The lowest BCUT2D eigenvalue weighted by Crippen LogP contribution is -2.51. The van der Waals surface area contributed by atoms with Crippen molar-refractivity contribution in [2.45, 2.75) is 250 Å². The maximum Gasteiger partial charge on any atom is 0.318 e. The van der Waals surface area contributed by atoms with Gasteiger partial charge in [0.25, 0.3) is 0 Å². The fourth-order valence-corrected chi connectivity index (χ4v) is 20.7. The van der Waals surface area contributed by atoms with Crippen molar-refractivity contribution in [3.05, 3.63) is 23.3 Å². The van der Waals surface area contributed by atoms with Gasteiger partial charge in [0.2, 0.25) is 0 Å². The van der Waals surface area contributed by atoms with Gasteiger partial charge in [0.05, 0.1) is 29.1 Å². The molecule has 0 saturated heterocycles. The third kappa shape index (κ3) is 17.7. The molecule has 12 heteroatoms. The van der Waals surface area contributed by atoms with Crippen LogP contribution < -0.4 is 0 Å². The lowest BCUT2D eigenvalue weighted by Gasteiger charge is -2.58. The number of carboxylic acid groups (broad SMARTS) is 2. The van der Waals surface area contributed by atoms with Gasteiger partial charge in [-0.2, -0.15) is 11.8 Å². The molecule has 0 aliphatic heterocycles. The number of carbonyl (C=O) groups is 2. The molecule has 0 bridgehead atoms. The molecule has 0 spiro atoms. The van der Waals surface area contributed by atoms with E-state index < -0.39 is 27.5 Å². The second kappa shape index (κ2) is 31.6. The number of halogens is 2. The van der Waals surface area contributed by atoms with Crippen molar-refractivity contribution < 1.29 is 37.7 Å². The Hall–Kier alpha value is -0.780. The van der Waals surface area contributed by atoms with E-state index >= 15 is 0 Å². The van der Waals surface area contributed by atoms with Gasteiger partial charge in [-0.25, -0.2) is 8.42 Å². The van der Waals surface area contributed by atoms with Crippen molar-refractivity contribution in [1.29, 1.82) is 0 Å². The summed E-state index contributed by atoms with van der Waals surface area (Å²) in [5.41, 5.74) is 5.06. The summed E-state index contributed by atoms with van der Waals surface area (Å²) in [5, 5.41) is 17.7. The van der Waals surface area contributed by atoms with Crippen molar-refractivity contribution in [1.82, 2.24) is 0 Å². The number of sulfone groups is 1. The summed E-state index contributed by atoms with van der Waals surface area (Å²) in [5.74, 6) is 8.57. The summed E-state index contributed by atoms with van der Waals surface area (Å²) >= 11 is 11.0. The molecular formula is C67H118Cl2O8S2. The normalized spacial score (nSPS) is 36.0. The summed E-state index contributed by atoms with van der Waals surface area (Å²) in [6, 6.07) is 0. The van der Waals surface area contributed by atoms with Crippen molar-refractivity contribution in [3.63, 3.8) is 0 Å². The van der Waals surface area contributed by atoms with E-state index in [-0.39, 0.29) is 43.2 Å². The summed E-state index contributed by atoms with van der Waals surface area (Å²) in [6.45, 7) is 26.2. The van der Waals surface area contributed by atoms with E-state index in [1.165, 1.54) is 134 Å². The Bertz CT molecular complexity index is 2060. The van der Waals surface area contributed by atoms with Crippen LogP contribution in [0.4, 0.5) is 0 Å². The average molecular weight is 1190 g/mol. The van der Waals surface area contributed by atoms with Crippen LogP contribution in [0.15, 0.2) is 23.3 Å². The summed E-state index contributed by atoms with van der Waals surface area (Å²) < 4.78 is 36.1. The van der Waals surface area contributed by atoms with Gasteiger partial charge in [-0.3, -0.25) is 9.59 Å². The van der Waals surface area contributed by atoms with Crippen molar-refractivity contribution in [3.8, 4) is 0 Å². The lowest BCUT2D eigenvalue weighted by atomic mass is 9.47. The fourth-order valence-electron chi connectivity index (χ4n) is 18.9. The highest BCUT2D eigenvalue weighted by molar-refractivity contribution is 7.99. The minimum absolute atomic E-state index is 0. The van der Waals surface area contributed by atoms with Crippen LogP contribution >= 0.6 is 35.0 Å². The number of rotatable bonds is 24. The van der Waals surface area contributed by atoms with E-state index in [4.69, 9.17) is 42.9 Å². The number of thioether (sulfide) groups is 1. The first-order valence-corrected chi connectivity index (χ1v) is 35.4. The zero-order chi connectivity index (χ0) is 56.3. The molecule has 6 saturated carbocycles. The molecule has 8 aliphatic rings. The third-order valence-corrected chi connectivity index (χ3v) is 25.5. The zero-order valence-corrected chi connectivity index (χ0v) is 53.2. The summed E-state index contributed by atoms with van der Waals surface area (Å²) in [6.07, 6.45) is 36.2. The molecule has 16 atom stereocenters. The molecule has 0 amide bonds. The number of aliphatic carboxylic acids is 2. The predicted octanol–water partition coefficient (Wildman–Crippen LogP) is 18.6. The first kappa shape index (κ1) is 70.7. The van der Waals surface area contributed by atoms with E-state index in [0.29, 0.717) is 35.4 Å². The fraction of sp³-hybridized carbons (Fsp3) is 0.910. The molecule has 6 fully saturated rings. The molecule has 8 unspecified atom stereocenters. The smallest absolute Gasteiger partial charge is 0.318 e. The Labute approximate surface area is 499 Å². The Morgan fingerprint density at radius 3 is 1.44 bits per heavy atom. The highest BCUT2D eigenvalue weighted by Crippen LogP contribution is 2.69. The van der Waals surface area contributed by atoms with E-state index in [0.717, 1.165) is 109 Å². The molecule has 0 heterocycles. The van der Waals surface area contributed by atoms with Gasteiger partial charge in [-0.15, -0.1) is 23.2 Å². The molecule has 0 aromatic carbocycles. The quantitative estimate of drug-likeness (QED) is 0.0552. The highest BCUT2D eigenvalue weighted by Gasteiger charge is 2.61. The minimum atomic E-state index is -3.55. The lowest BCUT2D eigenvalue weighted by molar-refractivity contribution is -0.135. The Morgan fingerprint density at radius 1 is 0.608 bits per heavy atom. The topological polar surface area (TPSA) is 127 Å². The molecule has 8 nitrogen and oxygen atoms in total. The molecule has 0 aromatic rings. The maximum atomic E-state index is 11.8. The van der Waals surface area contributed by atoms with Gasteiger partial charge >= 0.3 is 11.9 Å². The molecule has 79 heavy (non-hydrogen) atoms. The number of ether oxygens (including phenoxy) is 2. The Balaban J connectivity index is 0.000000317. The van der Waals surface area contributed by atoms with Gasteiger partial charge in [0.15, 0.2) is 9.84 Å². The van der Waals surface area contributed by atoms with Crippen LogP contribution in [0.2, 0.25) is 0 Å². The van der Waals surface area contributed by atoms with Crippen LogP contribution in [0.25, 0.3) is 0 Å². The molecule has 2 N–H and O–H groups in total. The monoisotopic (exact) mass is 1180 g/mol. The Kier molecular flexibility index (Phi) is 28.2. The third-order valence-electron chi connectivity index (χ3n) is 22.8. The van der Waals surface area contributed by atoms with E-state index in [1.807, 2.05) is 0 Å². The van der Waals surface area contributed by atoms with Crippen LogP contribution in [0, 0.1) is 92.7 Å². The number of hydrogen-bond acceptors (Lipinski definition) is 7. The number of carboxylic acids is 2. The predicted molar refractivity (Wildman–Crippen MR) is 336 cm³/mol. The van der Waals surface area contributed by atoms with E-state index in [1.54, 1.807) is 11.1 Å². The zero-order valence-electron chi connectivity index (χ0n) is 50.1. The van der Waals surface area contributed by atoms with E-state index in [2.05, 4.69) is 81.4 Å². The number of alkyl halides is 2. The number of hydrogen-bond donors (Lipinski definition) is 2. The van der Waals surface area contributed by atoms with E-state index in [9.17, 15) is 18.0 Å². The van der Waals surface area contributed by atoms with Crippen LogP contribution in [0.3, 0.4) is 0 Å². The summed E-state index contributed by atoms with van der Waals surface area (Å²) in [7, 11) is -3.55. The van der Waals surface area contributed by atoms with Crippen LogP contribution in [0.5, 0.6) is 0 Å². The Morgan fingerprint density at radius 2 is 1.04 bits per heavy atom. The molecule has 8 aliphatic carbocycles.